The molecule has 0 N–H and O–H groups in total. The lowest BCUT2D eigenvalue weighted by atomic mass is 10.1. The van der Waals surface area contributed by atoms with Crippen molar-refractivity contribution in [3.8, 4) is 5.88 Å². The Morgan fingerprint density at radius 2 is 2.23 bits per heavy atom. The molecular formula is C10H14FNO. The van der Waals surface area contributed by atoms with Crippen molar-refractivity contribution in [3.63, 3.8) is 0 Å². The number of alkyl halides is 1. The van der Waals surface area contributed by atoms with Crippen molar-refractivity contribution in [2.24, 2.45) is 0 Å². The first-order chi connectivity index (χ1) is 6.24. The predicted octanol–water partition coefficient (Wildman–Crippen LogP) is 2.55. The minimum atomic E-state index is -0.479. The normalized spacial score (nSPS) is 10.5. The molecule has 0 fully saturated rings. The van der Waals surface area contributed by atoms with Crippen molar-refractivity contribution in [2.75, 3.05) is 13.3 Å². The summed E-state index contributed by atoms with van der Waals surface area (Å²) in [6.07, 6.45) is 1.76. The summed E-state index contributed by atoms with van der Waals surface area (Å²) in [6, 6.07) is 3.72. The Morgan fingerprint density at radius 1 is 1.46 bits per heavy atom. The van der Waals surface area contributed by atoms with E-state index in [4.69, 9.17) is 4.74 Å². The molecule has 0 bridgehead atoms. The summed E-state index contributed by atoms with van der Waals surface area (Å²) in [4.78, 5) is 4.05. The maximum Gasteiger partial charge on any atom is 0.213 e. The molecule has 1 rings (SSSR count). The molecule has 13 heavy (non-hydrogen) atoms. The van der Waals surface area contributed by atoms with E-state index >= 15 is 0 Å². The molecule has 0 aromatic carbocycles. The van der Waals surface area contributed by atoms with E-state index in [1.165, 1.54) is 0 Å². The monoisotopic (exact) mass is 183 g/mol. The van der Waals surface area contributed by atoms with Gasteiger partial charge in [0.2, 0.25) is 5.88 Å². The van der Waals surface area contributed by atoms with Gasteiger partial charge in [-0.05, 0) is 11.5 Å². The fourth-order valence-corrected chi connectivity index (χ4v) is 0.962. The second-order valence-corrected chi connectivity index (χ2v) is 3.12. The van der Waals surface area contributed by atoms with Gasteiger partial charge in [0.25, 0.3) is 0 Å². The summed E-state index contributed by atoms with van der Waals surface area (Å²) in [7, 11) is 0. The molecule has 3 heteroatoms. The van der Waals surface area contributed by atoms with E-state index in [0.29, 0.717) is 11.8 Å². The van der Waals surface area contributed by atoms with Crippen LogP contribution in [0.3, 0.4) is 0 Å². The number of nitrogens with zero attached hydrogens (tertiary/aromatic N) is 1. The molecule has 0 saturated heterocycles. The van der Waals surface area contributed by atoms with Gasteiger partial charge in [-0.25, -0.2) is 9.37 Å². The second kappa shape index (κ2) is 4.80. The molecule has 0 radical (unpaired) electrons. The van der Waals surface area contributed by atoms with E-state index in [9.17, 15) is 4.39 Å². The van der Waals surface area contributed by atoms with Gasteiger partial charge in [0, 0.05) is 12.3 Å². The number of halogens is 1. The third kappa shape index (κ3) is 3.01. The molecule has 0 aliphatic carbocycles. The third-order valence-electron chi connectivity index (χ3n) is 1.75. The lowest BCUT2D eigenvalue weighted by molar-refractivity contribution is 0.264. The molecular weight excluding hydrogens is 169 g/mol. The standard InChI is InChI=1S/C10H14FNO/c1-8(2)9-3-4-10(12-7-9)13-6-5-11/h3-4,7-8H,5-6H2,1-2H3. The summed E-state index contributed by atoms with van der Waals surface area (Å²) in [5.41, 5.74) is 1.16. The topological polar surface area (TPSA) is 22.1 Å². The van der Waals surface area contributed by atoms with Crippen LogP contribution in [0.4, 0.5) is 4.39 Å². The number of pyridine rings is 1. The summed E-state index contributed by atoms with van der Waals surface area (Å²) in [5.74, 6) is 0.949. The van der Waals surface area contributed by atoms with Gasteiger partial charge in [0.05, 0.1) is 0 Å². The Labute approximate surface area is 77.8 Å². The van der Waals surface area contributed by atoms with E-state index in [-0.39, 0.29) is 6.61 Å². The molecule has 0 unspecified atom stereocenters. The highest BCUT2D eigenvalue weighted by Crippen LogP contribution is 2.15. The van der Waals surface area contributed by atoms with Crippen LogP contribution in [0.5, 0.6) is 5.88 Å². The lowest BCUT2D eigenvalue weighted by Gasteiger charge is -2.06. The highest BCUT2D eigenvalue weighted by atomic mass is 19.1. The van der Waals surface area contributed by atoms with Crippen molar-refractivity contribution in [3.05, 3.63) is 23.9 Å². The van der Waals surface area contributed by atoms with Crippen LogP contribution in [-0.2, 0) is 0 Å². The Kier molecular flexibility index (Phi) is 3.68. The van der Waals surface area contributed by atoms with E-state index < -0.39 is 6.67 Å². The molecule has 72 valence electrons. The fraction of sp³-hybridized carbons (Fsp3) is 0.500. The number of hydrogen-bond acceptors (Lipinski definition) is 2. The molecule has 0 atom stereocenters. The summed E-state index contributed by atoms with van der Waals surface area (Å²) in [6.45, 7) is 3.79. The quantitative estimate of drug-likeness (QED) is 0.715. The maximum atomic E-state index is 11.7. The molecule has 0 aliphatic rings. The number of aromatic nitrogens is 1. The van der Waals surface area contributed by atoms with Crippen LogP contribution in [0.2, 0.25) is 0 Å². The van der Waals surface area contributed by atoms with Crippen molar-refractivity contribution >= 4 is 0 Å². The number of hydrogen-bond donors (Lipinski definition) is 0. The Morgan fingerprint density at radius 3 is 2.69 bits per heavy atom. The summed E-state index contributed by atoms with van der Waals surface area (Å²) >= 11 is 0. The Bertz CT molecular complexity index is 246. The summed E-state index contributed by atoms with van der Waals surface area (Å²) in [5, 5.41) is 0. The van der Waals surface area contributed by atoms with Crippen LogP contribution in [0.15, 0.2) is 18.3 Å². The van der Waals surface area contributed by atoms with E-state index in [0.717, 1.165) is 5.56 Å². The zero-order chi connectivity index (χ0) is 9.68. The predicted molar refractivity (Wildman–Crippen MR) is 49.8 cm³/mol. The molecule has 0 spiro atoms. The lowest BCUT2D eigenvalue weighted by Crippen LogP contribution is -2.00. The second-order valence-electron chi connectivity index (χ2n) is 3.12. The average Bonchev–Trinajstić information content (AvgIpc) is 2.15. The van der Waals surface area contributed by atoms with Gasteiger partial charge in [-0.15, -0.1) is 0 Å². The minimum Gasteiger partial charge on any atom is -0.475 e. The molecule has 1 heterocycles. The smallest absolute Gasteiger partial charge is 0.213 e. The number of rotatable bonds is 4. The molecule has 0 aliphatic heterocycles. The first-order valence-corrected chi connectivity index (χ1v) is 4.38. The van der Waals surface area contributed by atoms with Crippen LogP contribution < -0.4 is 4.74 Å². The van der Waals surface area contributed by atoms with Crippen molar-refractivity contribution in [1.82, 2.24) is 4.98 Å². The molecule has 0 saturated carbocycles. The van der Waals surface area contributed by atoms with Gasteiger partial charge in [-0.2, -0.15) is 0 Å². The van der Waals surface area contributed by atoms with E-state index in [1.807, 2.05) is 6.07 Å². The van der Waals surface area contributed by atoms with Gasteiger partial charge in [0.1, 0.15) is 13.3 Å². The zero-order valence-corrected chi connectivity index (χ0v) is 7.96. The first kappa shape index (κ1) is 9.96. The van der Waals surface area contributed by atoms with Gasteiger partial charge in [-0.3, -0.25) is 0 Å². The largest absolute Gasteiger partial charge is 0.475 e. The van der Waals surface area contributed by atoms with Crippen molar-refractivity contribution in [2.45, 2.75) is 19.8 Å². The zero-order valence-electron chi connectivity index (χ0n) is 7.96. The van der Waals surface area contributed by atoms with Crippen LogP contribution in [0, 0.1) is 0 Å². The van der Waals surface area contributed by atoms with Gasteiger partial charge >= 0.3 is 0 Å². The molecule has 2 nitrogen and oxygen atoms in total. The summed E-state index contributed by atoms with van der Waals surface area (Å²) < 4.78 is 16.7. The Hall–Kier alpha value is -1.12. The van der Waals surface area contributed by atoms with Crippen LogP contribution >= 0.6 is 0 Å². The van der Waals surface area contributed by atoms with Crippen LogP contribution in [-0.4, -0.2) is 18.3 Å². The minimum absolute atomic E-state index is 0.0774. The van der Waals surface area contributed by atoms with E-state index in [1.54, 1.807) is 12.3 Å². The van der Waals surface area contributed by atoms with Gasteiger partial charge in [-0.1, -0.05) is 19.9 Å². The van der Waals surface area contributed by atoms with Crippen LogP contribution in [0.25, 0.3) is 0 Å². The SMILES string of the molecule is CC(C)c1ccc(OCCF)nc1. The third-order valence-corrected chi connectivity index (χ3v) is 1.75. The molecule has 1 aromatic rings. The highest BCUT2D eigenvalue weighted by molar-refractivity contribution is 5.20. The van der Waals surface area contributed by atoms with Crippen molar-refractivity contribution in [1.29, 1.82) is 0 Å². The van der Waals surface area contributed by atoms with E-state index in [2.05, 4.69) is 18.8 Å². The number of ether oxygens (including phenoxy) is 1. The van der Waals surface area contributed by atoms with Crippen LogP contribution in [0.1, 0.15) is 25.3 Å². The Balaban J connectivity index is 2.59. The highest BCUT2D eigenvalue weighted by Gasteiger charge is 1.99. The first-order valence-electron chi connectivity index (χ1n) is 4.38. The van der Waals surface area contributed by atoms with Gasteiger partial charge in [0.15, 0.2) is 0 Å². The van der Waals surface area contributed by atoms with Gasteiger partial charge < -0.3 is 4.74 Å². The molecule has 1 aromatic heterocycles. The maximum absolute atomic E-state index is 11.7. The average molecular weight is 183 g/mol. The van der Waals surface area contributed by atoms with Crippen molar-refractivity contribution < 1.29 is 9.13 Å². The molecule has 0 amide bonds. The fourth-order valence-electron chi connectivity index (χ4n) is 0.962.